The molecular formula is C27H30FN3O7. The van der Waals surface area contributed by atoms with E-state index in [0.717, 1.165) is 13.0 Å². The second kappa shape index (κ2) is 8.11. The first-order valence-corrected chi connectivity index (χ1v) is 12.9. The van der Waals surface area contributed by atoms with E-state index in [9.17, 15) is 34.8 Å². The third-order valence-electron chi connectivity index (χ3n) is 9.40. The van der Waals surface area contributed by atoms with Crippen molar-refractivity contribution in [2.45, 2.75) is 50.3 Å². The number of phenolic OH excluding ortho intramolecular Hbond substituents is 1. The molecule has 1 heterocycles. The van der Waals surface area contributed by atoms with Gasteiger partial charge in [0.05, 0.1) is 11.6 Å². The standard InChI is InChI=1S/C27H30FN3O7/c1-3-30-19-13-8-10-7-11-16(21(32)12-6-9-4-5-31(2)20(9)15(12)18(11)28)22(33)14(10)24(35)27(13,38)25(36)17(23(19)34)26(29)37/h9-10,13,19-20,30,32-33,36,38H,3-8H2,1-2H3,(H2,29,37)/t9?,10-,13-,19-,20?,27-/m0/s1. The predicted octanol–water partition coefficient (Wildman–Crippen LogP) is 0.700. The molecule has 0 spiro atoms. The van der Waals surface area contributed by atoms with E-state index in [4.69, 9.17) is 5.73 Å². The summed E-state index contributed by atoms with van der Waals surface area (Å²) in [6.45, 7) is 2.75. The van der Waals surface area contributed by atoms with Crippen LogP contribution in [0.25, 0.3) is 5.76 Å². The van der Waals surface area contributed by atoms with Gasteiger partial charge in [-0.1, -0.05) is 6.92 Å². The SMILES string of the molecule is CCN[C@@H]1C(=O)C(C(N)=O)=C(O)[C@@]2(O)C(=O)C3=C(O)c4c(O)c5c(c(F)c4C[C@H]3C[C@@H]12)C1C(CCN1C)C5. The Morgan fingerprint density at radius 2 is 1.92 bits per heavy atom. The maximum absolute atomic E-state index is 16.2. The molecule has 10 nitrogen and oxygen atoms in total. The van der Waals surface area contributed by atoms with Crippen molar-refractivity contribution < 1.29 is 39.2 Å². The summed E-state index contributed by atoms with van der Waals surface area (Å²) in [7, 11) is 1.91. The molecule has 38 heavy (non-hydrogen) atoms. The number of phenols is 1. The fraction of sp³-hybridized carbons (Fsp3) is 0.519. The smallest absolute Gasteiger partial charge is 0.255 e. The number of likely N-dealkylation sites (tertiary alicyclic amines) is 1. The molecule has 1 amide bonds. The van der Waals surface area contributed by atoms with Crippen LogP contribution in [-0.2, 0) is 27.2 Å². The van der Waals surface area contributed by atoms with E-state index in [1.165, 1.54) is 0 Å². The Bertz CT molecular complexity index is 1400. The maximum atomic E-state index is 16.2. The van der Waals surface area contributed by atoms with Crippen molar-refractivity contribution >= 4 is 23.2 Å². The molecule has 1 saturated heterocycles. The lowest BCUT2D eigenvalue weighted by Gasteiger charge is -2.49. The number of aliphatic hydroxyl groups excluding tert-OH is 2. The van der Waals surface area contributed by atoms with Crippen LogP contribution in [0.1, 0.15) is 48.1 Å². The average Bonchev–Trinajstić information content (AvgIpc) is 3.42. The molecule has 6 atom stereocenters. The number of nitrogens with one attached hydrogen (secondary N) is 1. The normalized spacial score (nSPS) is 34.2. The van der Waals surface area contributed by atoms with Gasteiger partial charge in [0.25, 0.3) is 5.91 Å². The van der Waals surface area contributed by atoms with Gasteiger partial charge in [-0.2, -0.15) is 0 Å². The molecule has 1 aliphatic heterocycles. The van der Waals surface area contributed by atoms with Crippen molar-refractivity contribution in [2.24, 2.45) is 23.5 Å². The molecule has 7 N–H and O–H groups in total. The average molecular weight is 528 g/mol. The monoisotopic (exact) mass is 527 g/mol. The van der Waals surface area contributed by atoms with Gasteiger partial charge < -0.3 is 31.5 Å². The minimum Gasteiger partial charge on any atom is -0.508 e. The number of aliphatic hydroxyl groups is 3. The van der Waals surface area contributed by atoms with Crippen LogP contribution in [-0.4, -0.2) is 74.6 Å². The van der Waals surface area contributed by atoms with Crippen molar-refractivity contribution in [2.75, 3.05) is 20.1 Å². The lowest BCUT2D eigenvalue weighted by atomic mass is 9.57. The number of hydrogen-bond acceptors (Lipinski definition) is 9. The highest BCUT2D eigenvalue weighted by molar-refractivity contribution is 6.24. The molecule has 1 aromatic carbocycles. The van der Waals surface area contributed by atoms with Crippen LogP contribution in [0, 0.1) is 23.6 Å². The van der Waals surface area contributed by atoms with E-state index in [1.807, 2.05) is 7.05 Å². The van der Waals surface area contributed by atoms with Crippen LogP contribution < -0.4 is 11.1 Å². The van der Waals surface area contributed by atoms with Crippen molar-refractivity contribution in [3.05, 3.63) is 45.0 Å². The zero-order valence-corrected chi connectivity index (χ0v) is 21.0. The van der Waals surface area contributed by atoms with Crippen LogP contribution in [0.15, 0.2) is 16.9 Å². The quantitative estimate of drug-likeness (QED) is 0.309. The number of hydrogen-bond donors (Lipinski definition) is 6. The number of halogens is 1. The van der Waals surface area contributed by atoms with E-state index in [0.29, 0.717) is 17.5 Å². The number of carbonyl (C=O) groups excluding carboxylic acids is 3. The van der Waals surface area contributed by atoms with Crippen LogP contribution in [0.5, 0.6) is 5.75 Å². The summed E-state index contributed by atoms with van der Waals surface area (Å²) in [4.78, 5) is 41.1. The van der Waals surface area contributed by atoms with Crippen LogP contribution in [0.4, 0.5) is 4.39 Å². The molecule has 4 aliphatic carbocycles. The second-order valence-corrected chi connectivity index (χ2v) is 11.2. The number of rotatable bonds is 3. The van der Waals surface area contributed by atoms with Gasteiger partial charge in [0.15, 0.2) is 11.4 Å². The molecule has 202 valence electrons. The number of fused-ring (bicyclic) bond motifs is 6. The third kappa shape index (κ3) is 2.89. The molecule has 6 rings (SSSR count). The van der Waals surface area contributed by atoms with Gasteiger partial charge in [-0.3, -0.25) is 19.3 Å². The van der Waals surface area contributed by atoms with Crippen molar-refractivity contribution in [3.63, 3.8) is 0 Å². The number of aromatic hydroxyl groups is 1. The highest BCUT2D eigenvalue weighted by Crippen LogP contribution is 2.56. The summed E-state index contributed by atoms with van der Waals surface area (Å²) in [5.74, 6) is -7.74. The number of amides is 1. The largest absolute Gasteiger partial charge is 0.508 e. The Hall–Kier alpha value is -3.28. The first-order valence-electron chi connectivity index (χ1n) is 12.9. The summed E-state index contributed by atoms with van der Waals surface area (Å²) >= 11 is 0. The molecule has 1 saturated carbocycles. The highest BCUT2D eigenvalue weighted by Gasteiger charge is 2.64. The highest BCUT2D eigenvalue weighted by atomic mass is 19.1. The molecular weight excluding hydrogens is 497 g/mol. The number of primary amides is 1. The number of benzene rings is 1. The topological polar surface area (TPSA) is 173 Å². The predicted molar refractivity (Wildman–Crippen MR) is 131 cm³/mol. The maximum Gasteiger partial charge on any atom is 0.255 e. The fourth-order valence-corrected chi connectivity index (χ4v) is 7.77. The summed E-state index contributed by atoms with van der Waals surface area (Å²) < 4.78 is 16.2. The summed E-state index contributed by atoms with van der Waals surface area (Å²) in [6.07, 6.45) is 1.14. The van der Waals surface area contributed by atoms with E-state index >= 15 is 4.39 Å². The van der Waals surface area contributed by atoms with Gasteiger partial charge >= 0.3 is 0 Å². The molecule has 2 fully saturated rings. The van der Waals surface area contributed by atoms with Crippen molar-refractivity contribution in [3.8, 4) is 5.75 Å². The second-order valence-electron chi connectivity index (χ2n) is 11.2. The zero-order chi connectivity index (χ0) is 27.4. The van der Waals surface area contributed by atoms with Crippen LogP contribution >= 0.6 is 0 Å². The van der Waals surface area contributed by atoms with Gasteiger partial charge in [0, 0.05) is 34.2 Å². The van der Waals surface area contributed by atoms with Crippen LogP contribution in [0.3, 0.4) is 0 Å². The van der Waals surface area contributed by atoms with Crippen molar-refractivity contribution in [1.82, 2.24) is 10.2 Å². The van der Waals surface area contributed by atoms with Gasteiger partial charge in [-0.25, -0.2) is 4.39 Å². The van der Waals surface area contributed by atoms with Gasteiger partial charge in [0.1, 0.15) is 28.7 Å². The minimum absolute atomic E-state index is 0.0546. The molecule has 5 aliphatic rings. The lowest BCUT2D eigenvalue weighted by molar-refractivity contribution is -0.150. The first-order chi connectivity index (χ1) is 17.9. The Kier molecular flexibility index (Phi) is 5.34. The van der Waals surface area contributed by atoms with E-state index in [1.54, 1.807) is 6.92 Å². The van der Waals surface area contributed by atoms with Crippen molar-refractivity contribution in [1.29, 1.82) is 0 Å². The number of carbonyl (C=O) groups is 3. The zero-order valence-electron chi connectivity index (χ0n) is 21.0. The molecule has 0 bridgehead atoms. The van der Waals surface area contributed by atoms with E-state index in [-0.39, 0.29) is 53.8 Å². The molecule has 2 unspecified atom stereocenters. The Labute approximate surface area is 217 Å². The van der Waals surface area contributed by atoms with Gasteiger partial charge in [-0.15, -0.1) is 0 Å². The third-order valence-corrected chi connectivity index (χ3v) is 9.40. The minimum atomic E-state index is -2.72. The summed E-state index contributed by atoms with van der Waals surface area (Å²) in [5, 5.41) is 48.0. The first kappa shape index (κ1) is 25.0. The Morgan fingerprint density at radius 1 is 1.21 bits per heavy atom. The summed E-state index contributed by atoms with van der Waals surface area (Å²) in [6, 6.07) is -1.40. The van der Waals surface area contributed by atoms with E-state index in [2.05, 4.69) is 10.2 Å². The molecule has 0 aromatic heterocycles. The molecule has 0 radical (unpaired) electrons. The number of ketones is 2. The van der Waals surface area contributed by atoms with E-state index < -0.39 is 63.9 Å². The Balaban J connectivity index is 1.55. The van der Waals surface area contributed by atoms with Gasteiger partial charge in [-0.05, 0) is 57.7 Å². The van der Waals surface area contributed by atoms with Crippen LogP contribution in [0.2, 0.25) is 0 Å². The number of nitrogens with two attached hydrogens (primary N) is 1. The summed E-state index contributed by atoms with van der Waals surface area (Å²) in [5.41, 5.74) is 2.19. The fourth-order valence-electron chi connectivity index (χ4n) is 7.77. The number of nitrogens with zero attached hydrogens (tertiary/aromatic N) is 1. The number of Topliss-reactive ketones (excluding diaryl/α,β-unsaturated/α-hetero) is 2. The molecule has 1 aromatic rings. The lowest BCUT2D eigenvalue weighted by Crippen LogP contribution is -2.66. The molecule has 11 heteroatoms. The Morgan fingerprint density at radius 3 is 2.58 bits per heavy atom. The number of likely N-dealkylation sites (N-methyl/N-ethyl adjacent to an activating group) is 1. The van der Waals surface area contributed by atoms with Gasteiger partial charge in [0.2, 0.25) is 5.78 Å².